The average Bonchev–Trinajstić information content (AvgIpc) is 3.04. The van der Waals surface area contributed by atoms with Crippen molar-refractivity contribution in [3.05, 3.63) is 41.7 Å². The van der Waals surface area contributed by atoms with Crippen LogP contribution in [0.2, 0.25) is 0 Å². The number of benzene rings is 1. The molecule has 0 radical (unpaired) electrons. The third kappa shape index (κ3) is 2.53. The van der Waals surface area contributed by atoms with Crippen LogP contribution >= 0.6 is 11.8 Å². The number of carbonyl (C=O) groups is 1. The number of carboxylic acid groups (broad SMARTS) is 1. The molecule has 1 aromatic heterocycles. The Hall–Kier alpha value is -2.08. The van der Waals surface area contributed by atoms with Crippen LogP contribution in [0, 0.1) is 0 Å². The quantitative estimate of drug-likeness (QED) is 0.867. The van der Waals surface area contributed by atoms with E-state index >= 15 is 0 Å². The van der Waals surface area contributed by atoms with Crippen LogP contribution < -0.4 is 9.47 Å². The summed E-state index contributed by atoms with van der Waals surface area (Å²) in [7, 11) is 0. The molecule has 98 valence electrons. The molecule has 3 rings (SSSR count). The first-order chi connectivity index (χ1) is 9.22. The van der Waals surface area contributed by atoms with Gasteiger partial charge in [-0.3, -0.25) is 0 Å². The first-order valence-electron chi connectivity index (χ1n) is 5.57. The molecule has 0 amide bonds. The molecule has 2 aromatic rings. The molecule has 1 aliphatic rings. The van der Waals surface area contributed by atoms with E-state index in [0.29, 0.717) is 10.8 Å². The summed E-state index contributed by atoms with van der Waals surface area (Å²) < 4.78 is 15.7. The lowest BCUT2D eigenvalue weighted by Gasteiger charge is -2.01. The van der Waals surface area contributed by atoms with Gasteiger partial charge < -0.3 is 19.0 Å². The Morgan fingerprint density at radius 1 is 1.21 bits per heavy atom. The van der Waals surface area contributed by atoms with Crippen LogP contribution in [0.15, 0.2) is 39.8 Å². The third-order valence-electron chi connectivity index (χ3n) is 2.61. The van der Waals surface area contributed by atoms with Crippen LogP contribution in [0.1, 0.15) is 16.1 Å². The summed E-state index contributed by atoms with van der Waals surface area (Å²) in [6.07, 6.45) is 0. The SMILES string of the molecule is O=C(O)c1ccc(SCc2ccc3c(c2)OCO3)o1. The number of rotatable bonds is 4. The normalized spacial score (nSPS) is 12.6. The zero-order valence-electron chi connectivity index (χ0n) is 9.79. The predicted molar refractivity (Wildman–Crippen MR) is 67.8 cm³/mol. The van der Waals surface area contributed by atoms with Crippen LogP contribution in [0.5, 0.6) is 11.5 Å². The van der Waals surface area contributed by atoms with E-state index in [9.17, 15) is 4.79 Å². The maximum Gasteiger partial charge on any atom is 0.371 e. The van der Waals surface area contributed by atoms with Crippen molar-refractivity contribution < 1.29 is 23.8 Å². The Bertz CT molecular complexity index is 619. The monoisotopic (exact) mass is 278 g/mol. The first kappa shape index (κ1) is 12.0. The van der Waals surface area contributed by atoms with Gasteiger partial charge in [-0.25, -0.2) is 4.79 Å². The first-order valence-corrected chi connectivity index (χ1v) is 6.55. The molecule has 0 saturated heterocycles. The van der Waals surface area contributed by atoms with Crippen LogP contribution in [0.25, 0.3) is 0 Å². The molecule has 6 heteroatoms. The second-order valence-electron chi connectivity index (χ2n) is 3.90. The van der Waals surface area contributed by atoms with Crippen LogP contribution in [0.3, 0.4) is 0 Å². The summed E-state index contributed by atoms with van der Waals surface area (Å²) in [5.74, 6) is 1.05. The van der Waals surface area contributed by atoms with E-state index in [1.165, 1.54) is 17.8 Å². The average molecular weight is 278 g/mol. The number of thioether (sulfide) groups is 1. The minimum atomic E-state index is -1.06. The highest BCUT2D eigenvalue weighted by atomic mass is 32.2. The molecule has 0 unspecified atom stereocenters. The number of aromatic carboxylic acids is 1. The summed E-state index contributed by atoms with van der Waals surface area (Å²) in [4.78, 5) is 10.7. The molecule has 1 aromatic carbocycles. The number of furan rings is 1. The lowest BCUT2D eigenvalue weighted by molar-refractivity contribution is 0.0656. The maximum absolute atomic E-state index is 10.7. The Morgan fingerprint density at radius 3 is 2.84 bits per heavy atom. The summed E-state index contributed by atoms with van der Waals surface area (Å²) in [6, 6.07) is 8.83. The van der Waals surface area contributed by atoms with Gasteiger partial charge in [0.1, 0.15) is 0 Å². The van der Waals surface area contributed by atoms with Crippen molar-refractivity contribution in [2.45, 2.75) is 10.8 Å². The van der Waals surface area contributed by atoms with Gasteiger partial charge in [0.15, 0.2) is 16.6 Å². The van der Waals surface area contributed by atoms with E-state index in [4.69, 9.17) is 19.0 Å². The molecule has 1 N–H and O–H groups in total. The molecule has 5 nitrogen and oxygen atoms in total. The molecular weight excluding hydrogens is 268 g/mol. The smallest absolute Gasteiger partial charge is 0.371 e. The highest BCUT2D eigenvalue weighted by Gasteiger charge is 2.14. The standard InChI is InChI=1S/C13H10O5S/c14-13(15)10-3-4-12(18-10)19-6-8-1-2-9-11(5-8)17-7-16-9/h1-5H,6-7H2,(H,14,15). The Morgan fingerprint density at radius 2 is 2.05 bits per heavy atom. The Kier molecular flexibility index (Phi) is 3.08. The van der Waals surface area contributed by atoms with Gasteiger partial charge in [0, 0.05) is 5.75 Å². The van der Waals surface area contributed by atoms with Gasteiger partial charge >= 0.3 is 5.97 Å². The summed E-state index contributed by atoms with van der Waals surface area (Å²) in [6.45, 7) is 0.256. The fourth-order valence-electron chi connectivity index (χ4n) is 1.70. The zero-order chi connectivity index (χ0) is 13.2. The molecule has 0 saturated carbocycles. The van der Waals surface area contributed by atoms with Crippen molar-refractivity contribution in [1.82, 2.24) is 0 Å². The van der Waals surface area contributed by atoms with E-state index < -0.39 is 5.97 Å². The zero-order valence-corrected chi connectivity index (χ0v) is 10.6. The highest BCUT2D eigenvalue weighted by molar-refractivity contribution is 7.98. The minimum absolute atomic E-state index is 0.0480. The van der Waals surface area contributed by atoms with E-state index in [-0.39, 0.29) is 12.6 Å². The van der Waals surface area contributed by atoms with Gasteiger partial charge in [-0.05, 0) is 29.8 Å². The summed E-state index contributed by atoms with van der Waals surface area (Å²) in [5.41, 5.74) is 1.06. The van der Waals surface area contributed by atoms with Crippen molar-refractivity contribution >= 4 is 17.7 Å². The van der Waals surface area contributed by atoms with Gasteiger partial charge in [0.05, 0.1) is 0 Å². The number of carboxylic acids is 1. The molecule has 19 heavy (non-hydrogen) atoms. The predicted octanol–water partition coefficient (Wildman–Crippen LogP) is 3.00. The maximum atomic E-state index is 10.7. The van der Waals surface area contributed by atoms with Crippen molar-refractivity contribution in [2.75, 3.05) is 6.79 Å². The van der Waals surface area contributed by atoms with Crippen LogP contribution in [-0.4, -0.2) is 17.9 Å². The second-order valence-corrected chi connectivity index (χ2v) is 4.88. The van der Waals surface area contributed by atoms with Gasteiger partial charge in [-0.1, -0.05) is 17.8 Å². The molecule has 0 spiro atoms. The van der Waals surface area contributed by atoms with Crippen molar-refractivity contribution in [3.8, 4) is 11.5 Å². The number of hydrogen-bond donors (Lipinski definition) is 1. The molecule has 0 atom stereocenters. The fourth-order valence-corrected chi connectivity index (χ4v) is 2.50. The minimum Gasteiger partial charge on any atom is -0.475 e. The second kappa shape index (κ2) is 4.89. The molecular formula is C13H10O5S. The topological polar surface area (TPSA) is 68.9 Å². The van der Waals surface area contributed by atoms with Crippen molar-refractivity contribution in [3.63, 3.8) is 0 Å². The Balaban J connectivity index is 1.67. The summed E-state index contributed by atoms with van der Waals surface area (Å²) >= 11 is 1.43. The highest BCUT2D eigenvalue weighted by Crippen LogP contribution is 2.34. The van der Waals surface area contributed by atoms with Gasteiger partial charge in [-0.2, -0.15) is 0 Å². The van der Waals surface area contributed by atoms with Crippen LogP contribution in [0.4, 0.5) is 0 Å². The van der Waals surface area contributed by atoms with E-state index in [2.05, 4.69) is 0 Å². The van der Waals surface area contributed by atoms with E-state index in [0.717, 1.165) is 17.1 Å². The van der Waals surface area contributed by atoms with E-state index in [1.54, 1.807) is 6.07 Å². The number of ether oxygens (including phenoxy) is 2. The van der Waals surface area contributed by atoms with Gasteiger partial charge in [0.2, 0.25) is 12.6 Å². The Labute approximate surface area is 113 Å². The molecule has 1 aliphatic heterocycles. The number of fused-ring (bicyclic) bond motifs is 1. The molecule has 0 bridgehead atoms. The molecule has 0 aliphatic carbocycles. The molecule has 2 heterocycles. The van der Waals surface area contributed by atoms with Gasteiger partial charge in [-0.15, -0.1) is 0 Å². The van der Waals surface area contributed by atoms with Crippen molar-refractivity contribution in [1.29, 1.82) is 0 Å². The lowest BCUT2D eigenvalue weighted by atomic mass is 10.2. The fraction of sp³-hybridized carbons (Fsp3) is 0.154. The summed E-state index contributed by atoms with van der Waals surface area (Å²) in [5, 5.41) is 9.33. The van der Waals surface area contributed by atoms with E-state index in [1.807, 2.05) is 18.2 Å². The largest absolute Gasteiger partial charge is 0.475 e. The van der Waals surface area contributed by atoms with Crippen molar-refractivity contribution in [2.24, 2.45) is 0 Å². The molecule has 0 fully saturated rings. The van der Waals surface area contributed by atoms with Gasteiger partial charge in [0.25, 0.3) is 0 Å². The number of hydrogen-bond acceptors (Lipinski definition) is 5. The lowest BCUT2D eigenvalue weighted by Crippen LogP contribution is -1.92. The van der Waals surface area contributed by atoms with Crippen LogP contribution in [-0.2, 0) is 5.75 Å². The third-order valence-corrected chi connectivity index (χ3v) is 3.59.